The standard InChI is InChI=1S/C12H6N2S2/c13-2-1-9-10-5-15-4-8(10)3-14-12-7-16-6-11(9)12/h1,3-7H. The van der Waals surface area contributed by atoms with Crippen LogP contribution in [0.1, 0.15) is 16.7 Å². The van der Waals surface area contributed by atoms with Crippen LogP contribution >= 0.6 is 22.7 Å². The van der Waals surface area contributed by atoms with Crippen molar-refractivity contribution < 1.29 is 0 Å². The van der Waals surface area contributed by atoms with E-state index in [9.17, 15) is 0 Å². The van der Waals surface area contributed by atoms with Crippen molar-refractivity contribution in [3.8, 4) is 6.07 Å². The fraction of sp³-hybridized carbons (Fsp3) is 0. The molecule has 16 heavy (non-hydrogen) atoms. The van der Waals surface area contributed by atoms with Crippen LogP contribution in [0.15, 0.2) is 32.6 Å². The zero-order valence-corrected chi connectivity index (χ0v) is 9.81. The molecule has 76 valence electrons. The number of nitrogens with zero attached hydrogens (tertiary/aromatic N) is 2. The quantitative estimate of drug-likeness (QED) is 0.552. The minimum Gasteiger partial charge on any atom is -0.255 e. The summed E-state index contributed by atoms with van der Waals surface area (Å²) in [5.74, 6) is 0. The van der Waals surface area contributed by atoms with Gasteiger partial charge in [-0.25, -0.2) is 0 Å². The van der Waals surface area contributed by atoms with Gasteiger partial charge in [0.2, 0.25) is 0 Å². The molecular weight excluding hydrogens is 236 g/mol. The van der Waals surface area contributed by atoms with Crippen LogP contribution in [0.5, 0.6) is 0 Å². The van der Waals surface area contributed by atoms with Crippen molar-refractivity contribution >= 4 is 40.1 Å². The first kappa shape index (κ1) is 9.52. The molecule has 0 saturated heterocycles. The Bertz CT molecular complexity index is 592. The lowest BCUT2D eigenvalue weighted by atomic mass is 10.00. The molecule has 0 amide bonds. The summed E-state index contributed by atoms with van der Waals surface area (Å²) in [6.07, 6.45) is 3.47. The highest BCUT2D eigenvalue weighted by molar-refractivity contribution is 7.09. The Hall–Kier alpha value is -1.70. The first-order valence-corrected chi connectivity index (χ1v) is 6.55. The van der Waals surface area contributed by atoms with E-state index in [1.54, 1.807) is 28.7 Å². The molecule has 1 aliphatic rings. The number of hydrogen-bond acceptors (Lipinski definition) is 4. The fourth-order valence-corrected chi connectivity index (χ4v) is 3.29. The van der Waals surface area contributed by atoms with Crippen LogP contribution in [0, 0.1) is 11.3 Å². The molecule has 3 heterocycles. The highest BCUT2D eigenvalue weighted by atomic mass is 32.1. The molecule has 0 bridgehead atoms. The number of hydrogen-bond donors (Lipinski definition) is 0. The fourth-order valence-electron chi connectivity index (χ4n) is 1.72. The zero-order chi connectivity index (χ0) is 11.0. The van der Waals surface area contributed by atoms with Crippen LogP contribution in [0.4, 0.5) is 5.69 Å². The summed E-state index contributed by atoms with van der Waals surface area (Å²) in [5.41, 5.74) is 5.18. The Labute approximate surface area is 101 Å². The first-order valence-electron chi connectivity index (χ1n) is 4.67. The molecule has 0 spiro atoms. The molecule has 0 aliphatic carbocycles. The molecule has 0 radical (unpaired) electrons. The number of nitriles is 1. The number of thiophene rings is 2. The predicted molar refractivity (Wildman–Crippen MR) is 68.6 cm³/mol. The lowest BCUT2D eigenvalue weighted by Crippen LogP contribution is -1.85. The van der Waals surface area contributed by atoms with Gasteiger partial charge in [0.1, 0.15) is 0 Å². The molecule has 1 aliphatic heterocycles. The Morgan fingerprint density at radius 3 is 2.81 bits per heavy atom. The molecule has 0 fully saturated rings. The number of fused-ring (bicyclic) bond motifs is 2. The van der Waals surface area contributed by atoms with Crippen LogP contribution in [-0.2, 0) is 0 Å². The second-order valence-electron chi connectivity index (χ2n) is 3.36. The van der Waals surface area contributed by atoms with Crippen molar-refractivity contribution in [3.05, 3.63) is 44.3 Å². The second-order valence-corrected chi connectivity index (χ2v) is 4.84. The van der Waals surface area contributed by atoms with Crippen LogP contribution in [0.2, 0.25) is 0 Å². The molecule has 0 saturated carbocycles. The maximum absolute atomic E-state index is 8.88. The molecule has 4 heteroatoms. The SMILES string of the molecule is N#CC=C1c2cscc2C=Nc2cscc21. The Kier molecular flexibility index (Phi) is 2.21. The average molecular weight is 242 g/mol. The van der Waals surface area contributed by atoms with Gasteiger partial charge in [-0.05, 0) is 5.38 Å². The molecule has 3 rings (SSSR count). The van der Waals surface area contributed by atoms with Crippen LogP contribution < -0.4 is 0 Å². The van der Waals surface area contributed by atoms with E-state index in [0.717, 1.165) is 28.0 Å². The summed E-state index contributed by atoms with van der Waals surface area (Å²) in [4.78, 5) is 4.43. The largest absolute Gasteiger partial charge is 0.255 e. The van der Waals surface area contributed by atoms with E-state index >= 15 is 0 Å². The van der Waals surface area contributed by atoms with Crippen LogP contribution in [-0.4, -0.2) is 6.21 Å². The van der Waals surface area contributed by atoms with Gasteiger partial charge in [0.05, 0.1) is 11.8 Å². The third kappa shape index (κ3) is 1.33. The number of rotatable bonds is 0. The number of aliphatic imine (C=N–C) groups is 1. The van der Waals surface area contributed by atoms with E-state index in [-0.39, 0.29) is 0 Å². The molecule has 0 atom stereocenters. The predicted octanol–water partition coefficient (Wildman–Crippen LogP) is 3.83. The van der Waals surface area contributed by atoms with Gasteiger partial charge in [0, 0.05) is 50.7 Å². The van der Waals surface area contributed by atoms with Crippen LogP contribution in [0.3, 0.4) is 0 Å². The molecular formula is C12H6N2S2. The molecule has 2 aromatic heterocycles. The Balaban J connectivity index is 2.33. The Morgan fingerprint density at radius 2 is 1.94 bits per heavy atom. The average Bonchev–Trinajstić information content (AvgIpc) is 2.91. The maximum atomic E-state index is 8.88. The first-order chi connectivity index (χ1) is 7.90. The summed E-state index contributed by atoms with van der Waals surface area (Å²) in [6, 6.07) is 2.12. The van der Waals surface area contributed by atoms with Crippen molar-refractivity contribution in [1.82, 2.24) is 0 Å². The van der Waals surface area contributed by atoms with Gasteiger partial charge in [-0.2, -0.15) is 16.6 Å². The highest BCUT2D eigenvalue weighted by Gasteiger charge is 2.17. The van der Waals surface area contributed by atoms with Crippen molar-refractivity contribution in [2.45, 2.75) is 0 Å². The lowest BCUT2D eigenvalue weighted by Gasteiger charge is -2.01. The monoisotopic (exact) mass is 242 g/mol. The molecule has 2 aromatic rings. The smallest absolute Gasteiger partial charge is 0.0918 e. The summed E-state index contributed by atoms with van der Waals surface area (Å²) in [6.45, 7) is 0. The molecule has 0 aromatic carbocycles. The van der Waals surface area contributed by atoms with E-state index < -0.39 is 0 Å². The third-order valence-corrected chi connectivity index (χ3v) is 3.96. The van der Waals surface area contributed by atoms with E-state index in [2.05, 4.69) is 21.8 Å². The minimum absolute atomic E-state index is 0.952. The normalized spacial score (nSPS) is 15.3. The maximum Gasteiger partial charge on any atom is 0.0918 e. The third-order valence-electron chi connectivity index (χ3n) is 2.47. The van der Waals surface area contributed by atoms with E-state index in [0.29, 0.717) is 0 Å². The summed E-state index contributed by atoms with van der Waals surface area (Å²) in [7, 11) is 0. The minimum atomic E-state index is 0.952. The number of allylic oxidation sites excluding steroid dienone is 1. The van der Waals surface area contributed by atoms with Gasteiger partial charge in [0.25, 0.3) is 0 Å². The van der Waals surface area contributed by atoms with E-state index in [1.165, 1.54) is 0 Å². The second kappa shape index (κ2) is 3.71. The van der Waals surface area contributed by atoms with Gasteiger partial charge < -0.3 is 0 Å². The van der Waals surface area contributed by atoms with E-state index in [4.69, 9.17) is 5.26 Å². The summed E-state index contributed by atoms with van der Waals surface area (Å²) >= 11 is 3.24. The van der Waals surface area contributed by atoms with Gasteiger partial charge in [-0.3, -0.25) is 4.99 Å². The van der Waals surface area contributed by atoms with Gasteiger partial charge >= 0.3 is 0 Å². The van der Waals surface area contributed by atoms with Crippen LogP contribution in [0.25, 0.3) is 5.57 Å². The van der Waals surface area contributed by atoms with Gasteiger partial charge in [0.15, 0.2) is 0 Å². The van der Waals surface area contributed by atoms with Crippen molar-refractivity contribution in [3.63, 3.8) is 0 Å². The zero-order valence-electron chi connectivity index (χ0n) is 8.18. The summed E-state index contributed by atoms with van der Waals surface area (Å²) in [5, 5.41) is 17.0. The van der Waals surface area contributed by atoms with Crippen molar-refractivity contribution in [2.75, 3.05) is 0 Å². The topological polar surface area (TPSA) is 36.1 Å². The van der Waals surface area contributed by atoms with Crippen molar-refractivity contribution in [1.29, 1.82) is 5.26 Å². The summed E-state index contributed by atoms with van der Waals surface area (Å²) < 4.78 is 0. The lowest BCUT2D eigenvalue weighted by molar-refractivity contribution is 1.53. The van der Waals surface area contributed by atoms with Gasteiger partial charge in [-0.15, -0.1) is 11.3 Å². The van der Waals surface area contributed by atoms with E-state index in [1.807, 2.05) is 17.0 Å². The molecule has 2 nitrogen and oxygen atoms in total. The molecule has 0 unspecified atom stereocenters. The Morgan fingerprint density at radius 1 is 1.12 bits per heavy atom. The molecule has 0 N–H and O–H groups in total. The van der Waals surface area contributed by atoms with Gasteiger partial charge in [-0.1, -0.05) is 0 Å². The highest BCUT2D eigenvalue weighted by Crippen LogP contribution is 2.38. The van der Waals surface area contributed by atoms with Crippen molar-refractivity contribution in [2.24, 2.45) is 4.99 Å².